The number of hydrogen-bond acceptors (Lipinski definition) is 1. The van der Waals surface area contributed by atoms with Crippen molar-refractivity contribution in [3.05, 3.63) is 182 Å². The Bertz CT molecular complexity index is 2900. The second-order valence-electron chi connectivity index (χ2n) is 13.3. The first kappa shape index (κ1) is 28.0. The van der Waals surface area contributed by atoms with Gasteiger partial charge < -0.3 is 13.6 Å². The van der Waals surface area contributed by atoms with Crippen molar-refractivity contribution in [3.8, 4) is 33.6 Å². The van der Waals surface area contributed by atoms with Crippen molar-refractivity contribution < 1.29 is 4.42 Å². The van der Waals surface area contributed by atoms with E-state index < -0.39 is 0 Å². The lowest BCUT2D eigenvalue weighted by Crippen LogP contribution is -2.00. The van der Waals surface area contributed by atoms with Gasteiger partial charge in [-0.15, -0.1) is 0 Å². The van der Waals surface area contributed by atoms with Crippen LogP contribution in [-0.4, -0.2) is 9.13 Å². The van der Waals surface area contributed by atoms with Crippen molar-refractivity contribution in [2.75, 3.05) is 0 Å². The lowest BCUT2D eigenvalue weighted by atomic mass is 9.96. The minimum atomic E-state index is 0.910. The van der Waals surface area contributed by atoms with Crippen LogP contribution in [0.3, 0.4) is 0 Å². The Kier molecular flexibility index (Phi) is 5.96. The molecule has 51 heavy (non-hydrogen) atoms. The zero-order valence-electron chi connectivity index (χ0n) is 27.6. The molecule has 0 aliphatic heterocycles. The zero-order valence-corrected chi connectivity index (χ0v) is 27.6. The highest BCUT2D eigenvalue weighted by molar-refractivity contribution is 6.13. The van der Waals surface area contributed by atoms with Crippen molar-refractivity contribution in [3.63, 3.8) is 0 Å². The van der Waals surface area contributed by atoms with Gasteiger partial charge in [0.15, 0.2) is 0 Å². The summed E-state index contributed by atoms with van der Waals surface area (Å²) in [6.45, 7) is 0. The van der Waals surface area contributed by atoms with Crippen molar-refractivity contribution in [2.45, 2.75) is 0 Å². The molecule has 0 bridgehead atoms. The summed E-state index contributed by atoms with van der Waals surface area (Å²) >= 11 is 0. The first-order valence-corrected chi connectivity index (χ1v) is 17.4. The molecule has 0 aliphatic rings. The topological polar surface area (TPSA) is 23.0 Å². The molecular weight excluding hydrogens is 621 g/mol. The number of fused-ring (bicyclic) bond motifs is 9. The van der Waals surface area contributed by atoms with Crippen LogP contribution in [0.25, 0.3) is 99.2 Å². The van der Waals surface area contributed by atoms with Crippen LogP contribution >= 0.6 is 0 Å². The van der Waals surface area contributed by atoms with Gasteiger partial charge in [0.25, 0.3) is 0 Å². The molecule has 0 saturated carbocycles. The summed E-state index contributed by atoms with van der Waals surface area (Å²) in [5.41, 5.74) is 13.5. The van der Waals surface area contributed by atoms with E-state index in [1.165, 1.54) is 49.2 Å². The summed E-state index contributed by atoms with van der Waals surface area (Å²) in [4.78, 5) is 0. The van der Waals surface area contributed by atoms with Crippen LogP contribution in [0.2, 0.25) is 0 Å². The van der Waals surface area contributed by atoms with E-state index in [-0.39, 0.29) is 0 Å². The third-order valence-corrected chi connectivity index (χ3v) is 10.5. The van der Waals surface area contributed by atoms with Gasteiger partial charge in [0.2, 0.25) is 0 Å². The van der Waals surface area contributed by atoms with Gasteiger partial charge in [0.05, 0.1) is 22.1 Å². The van der Waals surface area contributed by atoms with E-state index in [0.717, 1.165) is 50.0 Å². The number of furan rings is 1. The second-order valence-corrected chi connectivity index (χ2v) is 13.3. The van der Waals surface area contributed by atoms with Crippen molar-refractivity contribution in [1.29, 1.82) is 0 Å². The van der Waals surface area contributed by atoms with Gasteiger partial charge in [-0.1, -0.05) is 127 Å². The minimum Gasteiger partial charge on any atom is -0.456 e. The van der Waals surface area contributed by atoms with E-state index in [1.807, 2.05) is 12.1 Å². The molecule has 0 spiro atoms. The molecule has 0 fully saturated rings. The highest BCUT2D eigenvalue weighted by Crippen LogP contribution is 2.40. The van der Waals surface area contributed by atoms with Gasteiger partial charge in [-0.05, 0) is 76.9 Å². The fourth-order valence-corrected chi connectivity index (χ4v) is 8.28. The highest BCUT2D eigenvalue weighted by atomic mass is 16.3. The Hall–Kier alpha value is -6.84. The zero-order chi connectivity index (χ0) is 33.5. The molecule has 3 aromatic heterocycles. The van der Waals surface area contributed by atoms with E-state index in [9.17, 15) is 0 Å². The van der Waals surface area contributed by atoms with Crippen molar-refractivity contribution in [1.82, 2.24) is 9.13 Å². The first-order valence-electron chi connectivity index (χ1n) is 17.4. The Labute approximate surface area is 293 Å². The number of rotatable bonds is 4. The van der Waals surface area contributed by atoms with Crippen LogP contribution in [0.15, 0.2) is 186 Å². The Morgan fingerprint density at radius 1 is 0.314 bits per heavy atom. The van der Waals surface area contributed by atoms with Gasteiger partial charge in [-0.2, -0.15) is 0 Å². The van der Waals surface area contributed by atoms with Gasteiger partial charge in [-0.25, -0.2) is 0 Å². The normalized spacial score (nSPS) is 11.9. The van der Waals surface area contributed by atoms with E-state index in [2.05, 4.69) is 179 Å². The average molecular weight is 651 g/mol. The standard InChI is InChI=1S/C48H30N2O/c1-6-18-42-37(12-1)38-13-2-7-19-43(38)49(42)34-28-33(29-35(30-34)50-44-20-8-3-14-39(44)40-15-4-9-21-45(40)50)31-24-26-32(27-25-31)36-17-11-23-47-48(36)41-16-5-10-22-46(41)51-47/h1-30H. The molecule has 238 valence electrons. The fraction of sp³-hybridized carbons (Fsp3) is 0. The van der Waals surface area contributed by atoms with Crippen LogP contribution in [0.5, 0.6) is 0 Å². The van der Waals surface area contributed by atoms with Gasteiger partial charge >= 0.3 is 0 Å². The molecule has 0 aliphatic carbocycles. The molecule has 0 atom stereocenters. The third kappa shape index (κ3) is 4.19. The predicted octanol–water partition coefficient (Wildman–Crippen LogP) is 13.1. The largest absolute Gasteiger partial charge is 0.456 e. The lowest BCUT2D eigenvalue weighted by Gasteiger charge is -2.16. The van der Waals surface area contributed by atoms with E-state index in [1.54, 1.807) is 0 Å². The smallest absolute Gasteiger partial charge is 0.136 e. The molecule has 11 aromatic rings. The Balaban J connectivity index is 1.16. The number of aromatic nitrogens is 2. The van der Waals surface area contributed by atoms with Gasteiger partial charge in [-0.3, -0.25) is 0 Å². The van der Waals surface area contributed by atoms with E-state index in [0.29, 0.717) is 0 Å². The first-order chi connectivity index (χ1) is 25.3. The molecule has 0 saturated heterocycles. The lowest BCUT2D eigenvalue weighted by molar-refractivity contribution is 0.669. The summed E-state index contributed by atoms with van der Waals surface area (Å²) in [5.74, 6) is 0. The van der Waals surface area contributed by atoms with Crippen LogP contribution in [0, 0.1) is 0 Å². The number of benzene rings is 8. The summed E-state index contributed by atoms with van der Waals surface area (Å²) < 4.78 is 11.1. The molecule has 11 rings (SSSR count). The van der Waals surface area contributed by atoms with Crippen LogP contribution in [-0.2, 0) is 0 Å². The molecule has 3 heteroatoms. The predicted molar refractivity (Wildman–Crippen MR) is 213 cm³/mol. The minimum absolute atomic E-state index is 0.910. The van der Waals surface area contributed by atoms with Crippen LogP contribution < -0.4 is 0 Å². The van der Waals surface area contributed by atoms with Gasteiger partial charge in [0, 0.05) is 43.7 Å². The summed E-state index contributed by atoms with van der Waals surface area (Å²) in [7, 11) is 0. The molecule has 8 aromatic carbocycles. The van der Waals surface area contributed by atoms with Crippen molar-refractivity contribution >= 4 is 65.6 Å². The quantitative estimate of drug-likeness (QED) is 0.186. The molecule has 3 heterocycles. The molecule has 3 nitrogen and oxygen atoms in total. The molecule has 0 N–H and O–H groups in total. The Morgan fingerprint density at radius 3 is 1.27 bits per heavy atom. The second kappa shape index (κ2) is 10.8. The monoisotopic (exact) mass is 650 g/mol. The molecule has 0 radical (unpaired) electrons. The summed E-state index contributed by atoms with van der Waals surface area (Å²) in [6, 6.07) is 65.6. The van der Waals surface area contributed by atoms with E-state index >= 15 is 0 Å². The Morgan fingerprint density at radius 2 is 0.745 bits per heavy atom. The van der Waals surface area contributed by atoms with Gasteiger partial charge in [0.1, 0.15) is 11.2 Å². The summed E-state index contributed by atoms with van der Waals surface area (Å²) in [6.07, 6.45) is 0. The van der Waals surface area contributed by atoms with Crippen molar-refractivity contribution in [2.24, 2.45) is 0 Å². The third-order valence-electron chi connectivity index (χ3n) is 10.5. The maximum atomic E-state index is 6.22. The molecule has 0 unspecified atom stereocenters. The highest BCUT2D eigenvalue weighted by Gasteiger charge is 2.18. The van der Waals surface area contributed by atoms with Crippen LogP contribution in [0.4, 0.5) is 0 Å². The maximum Gasteiger partial charge on any atom is 0.136 e. The molecular formula is C48H30N2O. The fourth-order valence-electron chi connectivity index (χ4n) is 8.28. The SMILES string of the molecule is c1ccc2c(c1)oc1cccc(-c3ccc(-c4cc(-n5c6ccccc6c6ccccc65)cc(-n5c6ccccc6c6ccccc65)c4)cc3)c12. The number of para-hydroxylation sites is 5. The van der Waals surface area contributed by atoms with Crippen LogP contribution in [0.1, 0.15) is 0 Å². The molecule has 0 amide bonds. The number of hydrogen-bond donors (Lipinski definition) is 0. The maximum absolute atomic E-state index is 6.22. The average Bonchev–Trinajstić information content (AvgIpc) is 3.86. The number of nitrogens with zero attached hydrogens (tertiary/aromatic N) is 2. The van der Waals surface area contributed by atoms with E-state index in [4.69, 9.17) is 4.42 Å². The summed E-state index contributed by atoms with van der Waals surface area (Å²) in [5, 5.41) is 7.30.